The minimum Gasteiger partial charge on any atom is -0.444 e. The minimum absolute atomic E-state index is 0.165. The monoisotopic (exact) mass is 460 g/mol. The van der Waals surface area contributed by atoms with Gasteiger partial charge >= 0.3 is 12.2 Å². The minimum atomic E-state index is -2.03. The van der Waals surface area contributed by atoms with Crippen molar-refractivity contribution in [3.63, 3.8) is 0 Å². The van der Waals surface area contributed by atoms with E-state index in [1.807, 2.05) is 53.7 Å². The van der Waals surface area contributed by atoms with Gasteiger partial charge < -0.3 is 14.8 Å². The molecule has 1 aliphatic rings. The zero-order chi connectivity index (χ0) is 24.3. The van der Waals surface area contributed by atoms with E-state index < -0.39 is 31.5 Å². The maximum absolute atomic E-state index is 13.0. The highest BCUT2D eigenvalue weighted by Crippen LogP contribution is 2.37. The molecule has 0 bridgehead atoms. The third kappa shape index (κ3) is 6.86. The number of hydrogen-bond acceptors (Lipinski definition) is 4. The van der Waals surface area contributed by atoms with Crippen LogP contribution in [0, 0.1) is 0 Å². The molecule has 1 aliphatic heterocycles. The van der Waals surface area contributed by atoms with Gasteiger partial charge in [0.1, 0.15) is 11.2 Å². The molecule has 32 heavy (non-hydrogen) atoms. The summed E-state index contributed by atoms with van der Waals surface area (Å²) in [5, 5.41) is 4.40. The number of carbonyl (C=O) groups excluding carboxylic acids is 2. The normalized spacial score (nSPS) is 22.1. The molecule has 1 fully saturated rings. The summed E-state index contributed by atoms with van der Waals surface area (Å²) in [5.74, 6) is 0. The number of benzene rings is 1. The molecule has 0 aliphatic carbocycles. The molecule has 2 amide bonds. The molecule has 0 spiro atoms. The van der Waals surface area contributed by atoms with Crippen LogP contribution in [0.4, 0.5) is 9.59 Å². The van der Waals surface area contributed by atoms with Gasteiger partial charge in [-0.2, -0.15) is 0 Å². The molecule has 0 unspecified atom stereocenters. The average Bonchev–Trinajstić information content (AvgIpc) is 2.65. The van der Waals surface area contributed by atoms with Crippen LogP contribution in [-0.2, 0) is 9.47 Å². The topological polar surface area (TPSA) is 67.9 Å². The molecule has 178 valence electrons. The van der Waals surface area contributed by atoms with E-state index in [0.717, 1.165) is 0 Å². The van der Waals surface area contributed by atoms with Crippen LogP contribution in [0.1, 0.15) is 48.0 Å². The van der Waals surface area contributed by atoms with Crippen molar-refractivity contribution < 1.29 is 19.1 Å². The van der Waals surface area contributed by atoms with Crippen molar-refractivity contribution in [2.45, 2.75) is 89.9 Å². The van der Waals surface area contributed by atoms with Crippen LogP contribution in [0.25, 0.3) is 0 Å². The predicted octanol–water partition coefficient (Wildman–Crippen LogP) is 5.06. The molecule has 0 aromatic heterocycles. The Hall–Kier alpha value is -2.28. The van der Waals surface area contributed by atoms with Gasteiger partial charge in [-0.15, -0.1) is 6.58 Å². The van der Waals surface area contributed by atoms with Crippen molar-refractivity contribution in [3.8, 4) is 0 Å². The first-order valence-electron chi connectivity index (χ1n) is 11.3. The largest absolute Gasteiger partial charge is 0.444 e. The van der Waals surface area contributed by atoms with E-state index in [9.17, 15) is 9.59 Å². The van der Waals surface area contributed by atoms with Crippen molar-refractivity contribution in [2.24, 2.45) is 0 Å². The zero-order valence-corrected chi connectivity index (χ0v) is 21.9. The van der Waals surface area contributed by atoms with Gasteiger partial charge in [0.05, 0.1) is 20.2 Å². The maximum atomic E-state index is 13.0. The summed E-state index contributed by atoms with van der Waals surface area (Å²) >= 11 is 0. The molecule has 0 saturated carbocycles. The van der Waals surface area contributed by atoms with Crippen LogP contribution < -0.4 is 10.5 Å². The van der Waals surface area contributed by atoms with Gasteiger partial charge in [0.25, 0.3) is 0 Å². The summed E-state index contributed by atoms with van der Waals surface area (Å²) in [7, 11) is -2.03. The molecule has 1 aromatic rings. The van der Waals surface area contributed by atoms with Crippen molar-refractivity contribution in [3.05, 3.63) is 43.0 Å². The Bertz CT molecular complexity index is 811. The number of likely N-dealkylation sites (tertiary alicyclic amines) is 1. The Kier molecular flexibility index (Phi) is 7.86. The number of hydrogen-bond donors (Lipinski definition) is 1. The van der Waals surface area contributed by atoms with E-state index in [1.165, 1.54) is 5.19 Å². The van der Waals surface area contributed by atoms with Crippen LogP contribution in [0.5, 0.6) is 0 Å². The number of nitrogens with zero attached hydrogens (tertiary/aromatic N) is 1. The molecule has 7 heteroatoms. The lowest BCUT2D eigenvalue weighted by Gasteiger charge is -2.48. The number of nitrogens with one attached hydrogen (secondary N) is 1. The van der Waals surface area contributed by atoms with Gasteiger partial charge in [-0.1, -0.05) is 54.7 Å². The SMILES string of the molecule is C=C[C@@H]1C[C@@H]([Si](C)(C)c2ccccc2)[C@@H](NC(=O)OC(C)(C)C)CN1C(=O)OC(C)(C)C. The number of piperidine rings is 1. The number of rotatable bonds is 4. The standard InChI is InChI=1S/C25H40N2O4Si/c1-10-18-16-21(32(8,9)19-14-12-11-13-15-19)20(26-22(28)30-24(2,3)4)17-27(18)23(29)31-25(5,6)7/h10-15,18,20-21H,1,16-17H2,2-9H3,(H,26,28)/t18-,20+,21-/m1/s1. The van der Waals surface area contributed by atoms with Crippen molar-refractivity contribution >= 4 is 25.4 Å². The summed E-state index contributed by atoms with van der Waals surface area (Å²) in [6.45, 7) is 20.0. The van der Waals surface area contributed by atoms with Gasteiger partial charge in [-0.05, 0) is 53.5 Å². The molecule has 2 rings (SSSR count). The predicted molar refractivity (Wildman–Crippen MR) is 132 cm³/mol. The first kappa shape index (κ1) is 26.0. The number of amides is 2. The van der Waals surface area contributed by atoms with Gasteiger partial charge in [-0.25, -0.2) is 9.59 Å². The lowest BCUT2D eigenvalue weighted by atomic mass is 9.97. The van der Waals surface area contributed by atoms with Gasteiger partial charge in [0, 0.05) is 6.54 Å². The highest BCUT2D eigenvalue weighted by atomic mass is 28.3. The second-order valence-electron chi connectivity index (χ2n) is 11.1. The summed E-state index contributed by atoms with van der Waals surface area (Å²) in [6.07, 6.45) is 1.66. The van der Waals surface area contributed by atoms with Crippen molar-refractivity contribution in [1.29, 1.82) is 0 Å². The fourth-order valence-electron chi connectivity index (χ4n) is 4.26. The first-order valence-corrected chi connectivity index (χ1v) is 14.4. The van der Waals surface area contributed by atoms with E-state index >= 15 is 0 Å². The Morgan fingerprint density at radius 2 is 1.62 bits per heavy atom. The third-order valence-electron chi connectivity index (χ3n) is 5.82. The summed E-state index contributed by atoms with van der Waals surface area (Å²) in [6, 6.07) is 10.0. The second kappa shape index (κ2) is 9.69. The smallest absolute Gasteiger partial charge is 0.410 e. The molecule has 6 nitrogen and oxygen atoms in total. The Labute approximate surface area is 194 Å². The summed E-state index contributed by atoms with van der Waals surface area (Å²) in [4.78, 5) is 27.4. The zero-order valence-electron chi connectivity index (χ0n) is 20.9. The quantitative estimate of drug-likeness (QED) is 0.504. The average molecular weight is 461 g/mol. The van der Waals surface area contributed by atoms with Crippen LogP contribution in [0.3, 0.4) is 0 Å². The second-order valence-corrected chi connectivity index (χ2v) is 15.9. The Morgan fingerprint density at radius 1 is 1.06 bits per heavy atom. The molecular weight excluding hydrogens is 420 g/mol. The lowest BCUT2D eigenvalue weighted by molar-refractivity contribution is 0.00891. The lowest BCUT2D eigenvalue weighted by Crippen LogP contribution is -2.63. The molecule has 1 aromatic carbocycles. The van der Waals surface area contributed by atoms with E-state index in [4.69, 9.17) is 9.47 Å². The van der Waals surface area contributed by atoms with Gasteiger partial charge in [0.15, 0.2) is 0 Å². The molecule has 1 N–H and O–H groups in total. The first-order chi connectivity index (χ1) is 14.6. The highest BCUT2D eigenvalue weighted by molar-refractivity contribution is 6.91. The molecule has 1 heterocycles. The maximum Gasteiger partial charge on any atom is 0.410 e. The third-order valence-corrected chi connectivity index (χ3v) is 10.1. The fourth-order valence-corrected chi connectivity index (χ4v) is 7.77. The van der Waals surface area contributed by atoms with Crippen LogP contribution >= 0.6 is 0 Å². The Morgan fingerprint density at radius 3 is 2.12 bits per heavy atom. The van der Waals surface area contributed by atoms with Gasteiger partial charge in [0.2, 0.25) is 0 Å². The fraction of sp³-hybridized carbons (Fsp3) is 0.600. The van der Waals surface area contributed by atoms with Crippen molar-refractivity contribution in [1.82, 2.24) is 10.2 Å². The molecule has 3 atom stereocenters. The van der Waals surface area contributed by atoms with Crippen LogP contribution in [0.2, 0.25) is 18.6 Å². The van der Waals surface area contributed by atoms with E-state index in [2.05, 4.69) is 49.3 Å². The molecule has 0 radical (unpaired) electrons. The summed E-state index contributed by atoms with van der Waals surface area (Å²) in [5.41, 5.74) is -1.03. The Balaban J connectivity index is 2.39. The number of alkyl carbamates (subject to hydrolysis) is 1. The van der Waals surface area contributed by atoms with Crippen molar-refractivity contribution in [2.75, 3.05) is 6.54 Å². The van der Waals surface area contributed by atoms with Crippen LogP contribution in [0.15, 0.2) is 43.0 Å². The van der Waals surface area contributed by atoms with Gasteiger partial charge in [-0.3, -0.25) is 4.90 Å². The highest BCUT2D eigenvalue weighted by Gasteiger charge is 2.47. The van der Waals surface area contributed by atoms with E-state index in [-0.39, 0.29) is 17.6 Å². The number of carbonyl (C=O) groups is 2. The molecule has 1 saturated heterocycles. The van der Waals surface area contributed by atoms with E-state index in [1.54, 1.807) is 4.90 Å². The summed E-state index contributed by atoms with van der Waals surface area (Å²) < 4.78 is 11.2. The van der Waals surface area contributed by atoms with Crippen LogP contribution in [-0.4, -0.2) is 55.0 Å². The number of ether oxygens (including phenoxy) is 2. The van der Waals surface area contributed by atoms with E-state index in [0.29, 0.717) is 13.0 Å². The molecular formula is C25H40N2O4Si.